The van der Waals surface area contributed by atoms with E-state index in [-0.39, 0.29) is 5.24 Å². The molecule has 1 heterocycles. The van der Waals surface area contributed by atoms with Gasteiger partial charge in [0.2, 0.25) is 0 Å². The molecule has 22 heavy (non-hydrogen) atoms. The Bertz CT molecular complexity index is 640. The van der Waals surface area contributed by atoms with Gasteiger partial charge in [-0.3, -0.25) is 9.10 Å². The first-order valence-corrected chi connectivity index (χ1v) is 8.96. The van der Waals surface area contributed by atoms with E-state index in [1.807, 2.05) is 43.0 Å². The van der Waals surface area contributed by atoms with Crippen molar-refractivity contribution in [3.63, 3.8) is 0 Å². The highest BCUT2D eigenvalue weighted by Crippen LogP contribution is 2.50. The molecule has 3 nitrogen and oxygen atoms in total. The van der Waals surface area contributed by atoms with Gasteiger partial charge in [0.15, 0.2) is 0 Å². The van der Waals surface area contributed by atoms with Crippen molar-refractivity contribution in [2.45, 2.75) is 23.6 Å². The lowest BCUT2D eigenvalue weighted by atomic mass is 10.2. The lowest BCUT2D eigenvalue weighted by molar-refractivity contribution is 0.228. The Kier molecular flexibility index (Phi) is 4.64. The van der Waals surface area contributed by atoms with E-state index < -0.39 is 0 Å². The van der Waals surface area contributed by atoms with Crippen LogP contribution in [0.1, 0.15) is 13.8 Å². The molecule has 0 spiro atoms. The highest BCUT2D eigenvalue weighted by Gasteiger charge is 2.26. The van der Waals surface area contributed by atoms with Gasteiger partial charge in [-0.05, 0) is 38.1 Å². The van der Waals surface area contributed by atoms with Crippen LogP contribution in [-0.2, 0) is 0 Å². The molecule has 1 aliphatic rings. The minimum absolute atomic E-state index is 0.0847. The van der Waals surface area contributed by atoms with E-state index in [1.165, 1.54) is 21.7 Å². The molecule has 0 radical (unpaired) electrons. The molecule has 0 N–H and O–H groups in total. The topological polar surface area (TPSA) is 23.6 Å². The summed E-state index contributed by atoms with van der Waals surface area (Å²) in [5, 5.41) is 0.0847. The fraction of sp³-hybridized carbons (Fsp3) is 0.235. The Balaban J connectivity index is 1.98. The molecule has 0 fully saturated rings. The summed E-state index contributed by atoms with van der Waals surface area (Å²) in [4.78, 5) is 16.7. The van der Waals surface area contributed by atoms with Gasteiger partial charge in [0.05, 0.1) is 23.3 Å². The van der Waals surface area contributed by atoms with Crippen LogP contribution in [0, 0.1) is 0 Å². The normalized spacial score (nSPS) is 12.5. The monoisotopic (exact) mass is 330 g/mol. The summed E-state index contributed by atoms with van der Waals surface area (Å²) in [6.07, 6.45) is 0. The van der Waals surface area contributed by atoms with Gasteiger partial charge in [-0.2, -0.15) is 0 Å². The average molecular weight is 330 g/mol. The van der Waals surface area contributed by atoms with E-state index >= 15 is 0 Å². The molecule has 114 valence electrons. The predicted octanol–water partition coefficient (Wildman–Crippen LogP) is 5.40. The third kappa shape index (κ3) is 2.83. The second-order valence-electron chi connectivity index (χ2n) is 4.86. The van der Waals surface area contributed by atoms with Crippen LogP contribution >= 0.6 is 23.7 Å². The molecule has 0 atom stereocenters. The summed E-state index contributed by atoms with van der Waals surface area (Å²) in [5.41, 5.74) is 2.16. The molecular weight excluding hydrogens is 312 g/mol. The number of hydrogen-bond donors (Lipinski definition) is 0. The summed E-state index contributed by atoms with van der Waals surface area (Å²) in [5.74, 6) is 0. The summed E-state index contributed by atoms with van der Waals surface area (Å²) in [6, 6.07) is 16.5. The molecular formula is C17H18N2OS2. The quantitative estimate of drug-likeness (QED) is 0.703. The molecule has 0 aliphatic carbocycles. The lowest BCUT2D eigenvalue weighted by Gasteiger charge is -2.32. The number of anilines is 2. The first-order chi connectivity index (χ1) is 10.7. The van der Waals surface area contributed by atoms with Gasteiger partial charge in [-0.25, -0.2) is 0 Å². The molecule has 0 saturated carbocycles. The molecule has 0 saturated heterocycles. The number of fused-ring (bicyclic) bond motifs is 2. The summed E-state index contributed by atoms with van der Waals surface area (Å²) in [7, 11) is 0. The van der Waals surface area contributed by atoms with Gasteiger partial charge in [0, 0.05) is 22.9 Å². The third-order valence-corrected chi connectivity index (χ3v) is 5.70. The minimum Gasteiger partial charge on any atom is -0.333 e. The number of rotatable bonds is 3. The molecule has 1 aliphatic heterocycles. The smallest absolute Gasteiger partial charge is 0.302 e. The molecule has 2 aromatic rings. The van der Waals surface area contributed by atoms with Gasteiger partial charge in [0.1, 0.15) is 0 Å². The van der Waals surface area contributed by atoms with Crippen molar-refractivity contribution < 1.29 is 4.79 Å². The highest BCUT2D eigenvalue weighted by atomic mass is 32.2. The van der Waals surface area contributed by atoms with E-state index in [4.69, 9.17) is 0 Å². The van der Waals surface area contributed by atoms with Crippen molar-refractivity contribution in [2.24, 2.45) is 0 Å². The Morgan fingerprint density at radius 1 is 1.00 bits per heavy atom. The third-order valence-electron chi connectivity index (χ3n) is 3.58. The molecule has 1 amide bonds. The summed E-state index contributed by atoms with van der Waals surface area (Å²) in [6.45, 7) is 5.48. The van der Waals surface area contributed by atoms with E-state index in [2.05, 4.69) is 28.6 Å². The van der Waals surface area contributed by atoms with Gasteiger partial charge < -0.3 is 4.90 Å². The Morgan fingerprint density at radius 3 is 2.00 bits per heavy atom. The second kappa shape index (κ2) is 6.67. The number of hydrogen-bond acceptors (Lipinski definition) is 4. The Hall–Kier alpha value is -1.59. The number of carbonyl (C=O) groups is 1. The van der Waals surface area contributed by atoms with Crippen molar-refractivity contribution >= 4 is 40.3 Å². The van der Waals surface area contributed by atoms with Gasteiger partial charge in [-0.15, -0.1) is 0 Å². The first-order valence-electron chi connectivity index (χ1n) is 7.37. The number of nitrogens with zero attached hydrogens (tertiary/aromatic N) is 2. The van der Waals surface area contributed by atoms with Crippen LogP contribution in [0.25, 0.3) is 0 Å². The zero-order chi connectivity index (χ0) is 15.5. The fourth-order valence-electron chi connectivity index (χ4n) is 2.39. The van der Waals surface area contributed by atoms with E-state index in [9.17, 15) is 4.79 Å². The number of benzene rings is 2. The fourth-order valence-corrected chi connectivity index (χ4v) is 4.61. The standard InChI is InChI=1S/C17H18N2OS2/c1-3-18(4-2)17(20)22-19-13-9-5-7-11-15(13)21-16-12-8-6-10-14(16)19/h5-12H,3-4H2,1-2H3. The molecule has 5 heteroatoms. The van der Waals surface area contributed by atoms with Crippen LogP contribution in [0.3, 0.4) is 0 Å². The highest BCUT2D eigenvalue weighted by molar-refractivity contribution is 8.15. The van der Waals surface area contributed by atoms with Crippen LogP contribution in [0.15, 0.2) is 58.3 Å². The van der Waals surface area contributed by atoms with Crippen molar-refractivity contribution in [1.29, 1.82) is 0 Å². The molecule has 3 rings (SSSR count). The molecule has 0 bridgehead atoms. The van der Waals surface area contributed by atoms with Gasteiger partial charge in [-0.1, -0.05) is 36.0 Å². The molecule has 0 aromatic heterocycles. The van der Waals surface area contributed by atoms with Crippen molar-refractivity contribution in [2.75, 3.05) is 17.4 Å². The maximum atomic E-state index is 12.5. The zero-order valence-electron chi connectivity index (χ0n) is 12.7. The van der Waals surface area contributed by atoms with E-state index in [1.54, 1.807) is 11.8 Å². The van der Waals surface area contributed by atoms with Gasteiger partial charge in [0.25, 0.3) is 0 Å². The second-order valence-corrected chi connectivity index (χ2v) is 6.84. The lowest BCUT2D eigenvalue weighted by Crippen LogP contribution is -2.29. The van der Waals surface area contributed by atoms with Crippen LogP contribution in [0.2, 0.25) is 0 Å². The predicted molar refractivity (Wildman–Crippen MR) is 95.1 cm³/mol. The van der Waals surface area contributed by atoms with E-state index in [0.29, 0.717) is 0 Å². The molecule has 0 unspecified atom stereocenters. The van der Waals surface area contributed by atoms with Crippen LogP contribution in [0.5, 0.6) is 0 Å². The maximum absolute atomic E-state index is 12.5. The largest absolute Gasteiger partial charge is 0.333 e. The number of para-hydroxylation sites is 2. The van der Waals surface area contributed by atoms with Crippen LogP contribution in [-0.4, -0.2) is 23.2 Å². The first kappa shape index (κ1) is 15.3. The van der Waals surface area contributed by atoms with Crippen molar-refractivity contribution in [1.82, 2.24) is 4.90 Å². The zero-order valence-corrected chi connectivity index (χ0v) is 14.3. The van der Waals surface area contributed by atoms with Crippen molar-refractivity contribution in [3.05, 3.63) is 48.5 Å². The van der Waals surface area contributed by atoms with Crippen LogP contribution in [0.4, 0.5) is 16.2 Å². The minimum atomic E-state index is 0.0847. The maximum Gasteiger partial charge on any atom is 0.302 e. The average Bonchev–Trinajstić information content (AvgIpc) is 2.55. The summed E-state index contributed by atoms with van der Waals surface area (Å²) < 4.78 is 2.06. The van der Waals surface area contributed by atoms with Crippen molar-refractivity contribution in [3.8, 4) is 0 Å². The number of carbonyl (C=O) groups excluding carboxylic acids is 1. The van der Waals surface area contributed by atoms with Crippen LogP contribution < -0.4 is 4.31 Å². The Labute approximate surface area is 139 Å². The summed E-state index contributed by atoms with van der Waals surface area (Å²) >= 11 is 3.02. The number of amides is 1. The SMILES string of the molecule is CCN(CC)C(=O)SN1c2ccccc2Sc2ccccc21. The molecule has 2 aromatic carbocycles. The Morgan fingerprint density at radius 2 is 1.50 bits per heavy atom. The van der Waals surface area contributed by atoms with E-state index in [0.717, 1.165) is 24.5 Å². The van der Waals surface area contributed by atoms with Gasteiger partial charge >= 0.3 is 5.24 Å².